The van der Waals surface area contributed by atoms with E-state index in [1.54, 1.807) is 0 Å². The Morgan fingerprint density at radius 3 is 2.27 bits per heavy atom. The van der Waals surface area contributed by atoms with Crippen LogP contribution in [0.5, 0.6) is 0 Å². The van der Waals surface area contributed by atoms with Crippen LogP contribution in [0.4, 0.5) is 0 Å². The minimum atomic E-state index is -0.132. The van der Waals surface area contributed by atoms with E-state index in [1.165, 1.54) is 17.5 Å². The summed E-state index contributed by atoms with van der Waals surface area (Å²) in [6.45, 7) is 4.38. The van der Waals surface area contributed by atoms with Gasteiger partial charge in [0.05, 0.1) is 6.10 Å². The molecule has 0 saturated heterocycles. The van der Waals surface area contributed by atoms with Crippen LogP contribution >= 0.6 is 0 Å². The van der Waals surface area contributed by atoms with Gasteiger partial charge in [0.2, 0.25) is 0 Å². The Bertz CT molecular complexity index is 315. The molecule has 1 aromatic carbocycles. The summed E-state index contributed by atoms with van der Waals surface area (Å²) in [7, 11) is 0. The molecule has 0 heterocycles. The molecule has 2 rings (SSSR count). The minimum absolute atomic E-state index is 0.132. The lowest BCUT2D eigenvalue weighted by Gasteiger charge is -2.10. The Morgan fingerprint density at radius 1 is 1.27 bits per heavy atom. The van der Waals surface area contributed by atoms with E-state index in [9.17, 15) is 5.11 Å². The molecule has 3 atom stereocenters. The van der Waals surface area contributed by atoms with Gasteiger partial charge in [0.25, 0.3) is 0 Å². The first-order valence-electron chi connectivity index (χ1n) is 5.96. The predicted molar refractivity (Wildman–Crippen MR) is 62.8 cm³/mol. The molecule has 0 amide bonds. The third-order valence-electron chi connectivity index (χ3n) is 3.54. The molecule has 0 bridgehead atoms. The second kappa shape index (κ2) is 4.36. The fourth-order valence-corrected chi connectivity index (χ4v) is 2.19. The Labute approximate surface area is 92.1 Å². The van der Waals surface area contributed by atoms with Gasteiger partial charge in [-0.2, -0.15) is 0 Å². The second-order valence-electron chi connectivity index (χ2n) is 4.82. The maximum absolute atomic E-state index is 9.94. The molecule has 1 saturated carbocycles. The van der Waals surface area contributed by atoms with Gasteiger partial charge in [-0.05, 0) is 42.2 Å². The molecule has 1 fully saturated rings. The second-order valence-corrected chi connectivity index (χ2v) is 4.82. The first-order valence-corrected chi connectivity index (χ1v) is 5.96. The van der Waals surface area contributed by atoms with Gasteiger partial charge >= 0.3 is 0 Å². The van der Waals surface area contributed by atoms with Crippen LogP contribution in [0.25, 0.3) is 0 Å². The molecule has 82 valence electrons. The molecule has 1 N–H and O–H groups in total. The van der Waals surface area contributed by atoms with E-state index in [-0.39, 0.29) is 6.10 Å². The Hall–Kier alpha value is -0.820. The largest absolute Gasteiger partial charge is 0.392 e. The van der Waals surface area contributed by atoms with Crippen molar-refractivity contribution in [1.29, 1.82) is 0 Å². The normalized spacial score (nSPS) is 26.3. The number of hydrogen-bond donors (Lipinski definition) is 1. The van der Waals surface area contributed by atoms with E-state index in [4.69, 9.17) is 0 Å². The van der Waals surface area contributed by atoms with E-state index >= 15 is 0 Å². The molecule has 1 heteroatoms. The summed E-state index contributed by atoms with van der Waals surface area (Å²) in [5, 5.41) is 9.94. The lowest BCUT2D eigenvalue weighted by Crippen LogP contribution is -2.13. The number of aliphatic hydroxyl groups is 1. The van der Waals surface area contributed by atoms with Gasteiger partial charge in [-0.3, -0.25) is 0 Å². The van der Waals surface area contributed by atoms with Gasteiger partial charge in [-0.1, -0.05) is 38.1 Å². The van der Waals surface area contributed by atoms with Crippen molar-refractivity contribution in [3.05, 3.63) is 35.4 Å². The highest BCUT2D eigenvalue weighted by atomic mass is 16.3. The SMILES string of the molecule is CCc1ccc(CC(O)C2CC2C)cc1. The average molecular weight is 204 g/mol. The highest BCUT2D eigenvalue weighted by Crippen LogP contribution is 2.41. The van der Waals surface area contributed by atoms with Gasteiger partial charge < -0.3 is 5.11 Å². The zero-order chi connectivity index (χ0) is 10.8. The third kappa shape index (κ3) is 2.60. The molecule has 0 aliphatic heterocycles. The molecule has 15 heavy (non-hydrogen) atoms. The summed E-state index contributed by atoms with van der Waals surface area (Å²) in [6, 6.07) is 8.63. The van der Waals surface area contributed by atoms with Crippen molar-refractivity contribution >= 4 is 0 Å². The van der Waals surface area contributed by atoms with E-state index in [1.807, 2.05) is 0 Å². The third-order valence-corrected chi connectivity index (χ3v) is 3.54. The van der Waals surface area contributed by atoms with Crippen LogP contribution in [-0.4, -0.2) is 11.2 Å². The maximum atomic E-state index is 9.94. The van der Waals surface area contributed by atoms with Crippen molar-refractivity contribution in [2.75, 3.05) is 0 Å². The number of rotatable bonds is 4. The van der Waals surface area contributed by atoms with Gasteiger partial charge in [0, 0.05) is 0 Å². The summed E-state index contributed by atoms with van der Waals surface area (Å²) in [6.07, 6.45) is 2.97. The highest BCUT2D eigenvalue weighted by molar-refractivity contribution is 5.23. The monoisotopic (exact) mass is 204 g/mol. The molecular weight excluding hydrogens is 184 g/mol. The molecule has 1 nitrogen and oxygen atoms in total. The van der Waals surface area contributed by atoms with Crippen LogP contribution in [0, 0.1) is 11.8 Å². The number of aryl methyl sites for hydroxylation is 1. The van der Waals surface area contributed by atoms with Crippen molar-refractivity contribution in [1.82, 2.24) is 0 Å². The summed E-state index contributed by atoms with van der Waals surface area (Å²) in [4.78, 5) is 0. The quantitative estimate of drug-likeness (QED) is 0.799. The van der Waals surface area contributed by atoms with Crippen LogP contribution in [0.15, 0.2) is 24.3 Å². The zero-order valence-electron chi connectivity index (χ0n) is 9.61. The topological polar surface area (TPSA) is 20.2 Å². The van der Waals surface area contributed by atoms with Crippen LogP contribution in [0.3, 0.4) is 0 Å². The number of benzene rings is 1. The fraction of sp³-hybridized carbons (Fsp3) is 0.571. The Balaban J connectivity index is 1.92. The van der Waals surface area contributed by atoms with Crippen molar-refractivity contribution in [2.24, 2.45) is 11.8 Å². The molecule has 3 unspecified atom stereocenters. The summed E-state index contributed by atoms with van der Waals surface area (Å²) >= 11 is 0. The molecule has 0 spiro atoms. The Kier molecular flexibility index (Phi) is 3.11. The lowest BCUT2D eigenvalue weighted by molar-refractivity contribution is 0.146. The van der Waals surface area contributed by atoms with Gasteiger partial charge in [-0.15, -0.1) is 0 Å². The smallest absolute Gasteiger partial charge is 0.0611 e. The van der Waals surface area contributed by atoms with Crippen molar-refractivity contribution in [2.45, 2.75) is 39.2 Å². The molecule has 1 aliphatic rings. The first kappa shape index (κ1) is 10.7. The molecule has 1 aliphatic carbocycles. The van der Waals surface area contributed by atoms with Crippen LogP contribution < -0.4 is 0 Å². The molecular formula is C14H20O. The highest BCUT2D eigenvalue weighted by Gasteiger charge is 2.38. The predicted octanol–water partition coefficient (Wildman–Crippen LogP) is 2.81. The standard InChI is InChI=1S/C14H20O/c1-3-11-4-6-12(7-5-11)9-14(15)13-8-10(13)2/h4-7,10,13-15H,3,8-9H2,1-2H3. The molecule has 1 aromatic rings. The minimum Gasteiger partial charge on any atom is -0.392 e. The van der Waals surface area contributed by atoms with E-state index in [2.05, 4.69) is 38.1 Å². The fourth-order valence-electron chi connectivity index (χ4n) is 2.19. The van der Waals surface area contributed by atoms with Crippen LogP contribution in [0.2, 0.25) is 0 Å². The van der Waals surface area contributed by atoms with E-state index in [0.29, 0.717) is 5.92 Å². The van der Waals surface area contributed by atoms with Gasteiger partial charge in [0.1, 0.15) is 0 Å². The number of aliphatic hydroxyl groups excluding tert-OH is 1. The summed E-state index contributed by atoms with van der Waals surface area (Å²) < 4.78 is 0. The van der Waals surface area contributed by atoms with Crippen LogP contribution in [-0.2, 0) is 12.8 Å². The lowest BCUT2D eigenvalue weighted by atomic mass is 10.0. The van der Waals surface area contributed by atoms with E-state index < -0.39 is 0 Å². The average Bonchev–Trinajstić information content (AvgIpc) is 2.97. The van der Waals surface area contributed by atoms with Gasteiger partial charge in [0.15, 0.2) is 0 Å². The summed E-state index contributed by atoms with van der Waals surface area (Å²) in [5.41, 5.74) is 2.63. The maximum Gasteiger partial charge on any atom is 0.0611 e. The zero-order valence-corrected chi connectivity index (χ0v) is 9.61. The van der Waals surface area contributed by atoms with Crippen molar-refractivity contribution < 1.29 is 5.11 Å². The Morgan fingerprint density at radius 2 is 1.80 bits per heavy atom. The number of hydrogen-bond acceptors (Lipinski definition) is 1. The molecule has 0 radical (unpaired) electrons. The van der Waals surface area contributed by atoms with Gasteiger partial charge in [-0.25, -0.2) is 0 Å². The first-order chi connectivity index (χ1) is 7.20. The van der Waals surface area contributed by atoms with Crippen LogP contribution in [0.1, 0.15) is 31.4 Å². The van der Waals surface area contributed by atoms with Crippen molar-refractivity contribution in [3.63, 3.8) is 0 Å². The van der Waals surface area contributed by atoms with E-state index in [0.717, 1.165) is 18.8 Å². The van der Waals surface area contributed by atoms with Crippen molar-refractivity contribution in [3.8, 4) is 0 Å². The summed E-state index contributed by atoms with van der Waals surface area (Å²) in [5.74, 6) is 1.28. The molecule has 0 aromatic heterocycles.